The Hall–Kier alpha value is -0.380. The zero-order valence-corrected chi connectivity index (χ0v) is 11.8. The van der Waals surface area contributed by atoms with Crippen LogP contribution in [0.25, 0.3) is 16.5 Å². The van der Waals surface area contributed by atoms with Crippen molar-refractivity contribution in [2.75, 3.05) is 0 Å². The van der Waals surface area contributed by atoms with Gasteiger partial charge < -0.3 is 0 Å². The lowest BCUT2D eigenvalue weighted by atomic mass is 10.2. The van der Waals surface area contributed by atoms with Crippen molar-refractivity contribution < 1.29 is 0 Å². The van der Waals surface area contributed by atoms with Gasteiger partial charge in [-0.05, 0) is 55.6 Å². The van der Waals surface area contributed by atoms with Crippen LogP contribution in [0.2, 0.25) is 0 Å². The Labute approximate surface area is 110 Å². The summed E-state index contributed by atoms with van der Waals surface area (Å²) in [6, 6.07) is 14.7. The van der Waals surface area contributed by atoms with E-state index in [0.29, 0.717) is 0 Å². The van der Waals surface area contributed by atoms with E-state index in [2.05, 4.69) is 74.3 Å². The van der Waals surface area contributed by atoms with E-state index < -0.39 is 0 Å². The molecule has 0 unspecified atom stereocenters. The molecule has 0 aliphatic carbocycles. The van der Waals surface area contributed by atoms with Crippen LogP contribution < -0.4 is 0 Å². The molecule has 2 aromatic rings. The second kappa shape index (κ2) is 5.10. The van der Waals surface area contributed by atoms with Gasteiger partial charge in [-0.2, -0.15) is 0 Å². The van der Waals surface area contributed by atoms with Crippen LogP contribution >= 0.6 is 43.2 Å². The van der Waals surface area contributed by atoms with Crippen LogP contribution in [0.1, 0.15) is 4.88 Å². The maximum atomic E-state index is 3.36. The Balaban J connectivity index is 2.32. The van der Waals surface area contributed by atoms with Gasteiger partial charge >= 0.3 is 0 Å². The SMILES string of the molecule is BrC(Br)=Cc1ccc(-c2ccccc2)s1. The van der Waals surface area contributed by atoms with Crippen molar-refractivity contribution in [3.8, 4) is 10.4 Å². The summed E-state index contributed by atoms with van der Waals surface area (Å²) in [5.74, 6) is 0. The molecule has 0 aliphatic rings. The Bertz CT molecular complexity index is 467. The minimum Gasteiger partial charge on any atom is -0.136 e. The van der Waals surface area contributed by atoms with Gasteiger partial charge in [0.1, 0.15) is 0 Å². The van der Waals surface area contributed by atoms with Crippen LogP contribution in [0.5, 0.6) is 0 Å². The van der Waals surface area contributed by atoms with Gasteiger partial charge in [-0.25, -0.2) is 0 Å². The fourth-order valence-corrected chi connectivity index (χ4v) is 3.05. The Kier molecular flexibility index (Phi) is 3.78. The lowest BCUT2D eigenvalue weighted by molar-refractivity contribution is 1.70. The third-order valence-electron chi connectivity index (χ3n) is 1.94. The van der Waals surface area contributed by atoms with Crippen molar-refractivity contribution in [1.82, 2.24) is 0 Å². The Morgan fingerprint density at radius 2 is 1.73 bits per heavy atom. The number of thiophene rings is 1. The molecule has 0 spiro atoms. The quantitative estimate of drug-likeness (QED) is 0.675. The van der Waals surface area contributed by atoms with Crippen molar-refractivity contribution >= 4 is 49.3 Å². The van der Waals surface area contributed by atoms with Crippen LogP contribution in [-0.4, -0.2) is 0 Å². The van der Waals surface area contributed by atoms with E-state index in [1.807, 2.05) is 6.07 Å². The first kappa shape index (κ1) is 11.1. The first-order valence-electron chi connectivity index (χ1n) is 4.43. The highest BCUT2D eigenvalue weighted by Crippen LogP contribution is 2.30. The molecule has 1 aromatic carbocycles. The maximum absolute atomic E-state index is 3.36. The largest absolute Gasteiger partial charge is 0.136 e. The third-order valence-corrected chi connectivity index (χ3v) is 3.48. The summed E-state index contributed by atoms with van der Waals surface area (Å²) in [6.45, 7) is 0. The monoisotopic (exact) mass is 342 g/mol. The second-order valence-electron chi connectivity index (χ2n) is 3.00. The van der Waals surface area contributed by atoms with Gasteiger partial charge in [0.2, 0.25) is 0 Å². The average Bonchev–Trinajstić information content (AvgIpc) is 2.67. The van der Waals surface area contributed by atoms with E-state index >= 15 is 0 Å². The van der Waals surface area contributed by atoms with Gasteiger partial charge in [-0.3, -0.25) is 0 Å². The third kappa shape index (κ3) is 3.03. The zero-order chi connectivity index (χ0) is 10.7. The van der Waals surface area contributed by atoms with Crippen LogP contribution in [0.3, 0.4) is 0 Å². The van der Waals surface area contributed by atoms with E-state index in [9.17, 15) is 0 Å². The molecule has 0 fully saturated rings. The highest BCUT2D eigenvalue weighted by atomic mass is 79.9. The van der Waals surface area contributed by atoms with E-state index in [1.54, 1.807) is 11.3 Å². The number of rotatable bonds is 2. The van der Waals surface area contributed by atoms with Crippen LogP contribution in [-0.2, 0) is 0 Å². The van der Waals surface area contributed by atoms with Crippen LogP contribution in [0.15, 0.2) is 45.9 Å². The van der Waals surface area contributed by atoms with E-state index in [0.717, 1.165) is 3.39 Å². The predicted molar refractivity (Wildman–Crippen MR) is 75.6 cm³/mol. The number of hydrogen-bond acceptors (Lipinski definition) is 1. The molecule has 0 aliphatic heterocycles. The molecule has 3 heteroatoms. The first-order chi connectivity index (χ1) is 7.25. The van der Waals surface area contributed by atoms with Gasteiger partial charge in [-0.15, -0.1) is 11.3 Å². The highest BCUT2D eigenvalue weighted by Gasteiger charge is 2.00. The summed E-state index contributed by atoms with van der Waals surface area (Å²) >= 11 is 8.50. The summed E-state index contributed by atoms with van der Waals surface area (Å²) in [6.07, 6.45) is 2.05. The van der Waals surface area contributed by atoms with Gasteiger partial charge in [0.15, 0.2) is 0 Å². The van der Waals surface area contributed by atoms with Crippen molar-refractivity contribution in [3.63, 3.8) is 0 Å². The van der Waals surface area contributed by atoms with Crippen molar-refractivity contribution in [2.24, 2.45) is 0 Å². The molecule has 1 heterocycles. The number of halogens is 2. The molecule has 0 saturated carbocycles. The molecule has 0 nitrogen and oxygen atoms in total. The minimum absolute atomic E-state index is 0.969. The molecule has 76 valence electrons. The fraction of sp³-hybridized carbons (Fsp3) is 0. The topological polar surface area (TPSA) is 0 Å². The van der Waals surface area contributed by atoms with E-state index in [1.165, 1.54) is 15.3 Å². The van der Waals surface area contributed by atoms with Gasteiger partial charge in [0.25, 0.3) is 0 Å². The Morgan fingerprint density at radius 3 is 2.40 bits per heavy atom. The molecule has 0 saturated heterocycles. The summed E-state index contributed by atoms with van der Waals surface area (Å²) < 4.78 is 0.969. The van der Waals surface area contributed by atoms with Gasteiger partial charge in [0.05, 0.1) is 3.39 Å². The van der Waals surface area contributed by atoms with Crippen molar-refractivity contribution in [2.45, 2.75) is 0 Å². The molecule has 1 aromatic heterocycles. The molecule has 0 atom stereocenters. The average molecular weight is 344 g/mol. The molecular weight excluding hydrogens is 336 g/mol. The maximum Gasteiger partial charge on any atom is 0.0618 e. The lowest BCUT2D eigenvalue weighted by Gasteiger charge is -1.94. The Morgan fingerprint density at radius 1 is 1.00 bits per heavy atom. The van der Waals surface area contributed by atoms with Gasteiger partial charge in [0, 0.05) is 9.75 Å². The predicted octanol–water partition coefficient (Wildman–Crippen LogP) is 5.50. The summed E-state index contributed by atoms with van der Waals surface area (Å²) in [4.78, 5) is 2.53. The molecule has 0 N–H and O–H groups in total. The second-order valence-corrected chi connectivity index (χ2v) is 6.89. The summed E-state index contributed by atoms with van der Waals surface area (Å²) in [7, 11) is 0. The normalized spacial score (nSPS) is 10.0. The smallest absolute Gasteiger partial charge is 0.0618 e. The van der Waals surface area contributed by atoms with Crippen molar-refractivity contribution in [1.29, 1.82) is 0 Å². The minimum atomic E-state index is 0.969. The molecular formula is C12H8Br2S. The summed E-state index contributed by atoms with van der Waals surface area (Å²) in [5, 5.41) is 0. The highest BCUT2D eigenvalue weighted by molar-refractivity contribution is 9.28. The molecule has 2 rings (SSSR count). The molecule has 15 heavy (non-hydrogen) atoms. The fourth-order valence-electron chi connectivity index (χ4n) is 1.30. The molecule has 0 bridgehead atoms. The van der Waals surface area contributed by atoms with Gasteiger partial charge in [-0.1, -0.05) is 30.3 Å². The number of hydrogen-bond donors (Lipinski definition) is 0. The molecule has 0 radical (unpaired) electrons. The van der Waals surface area contributed by atoms with E-state index in [-0.39, 0.29) is 0 Å². The summed E-state index contributed by atoms with van der Waals surface area (Å²) in [5.41, 5.74) is 1.27. The van der Waals surface area contributed by atoms with Crippen LogP contribution in [0, 0.1) is 0 Å². The standard InChI is InChI=1S/C12H8Br2S/c13-12(14)8-10-6-7-11(15-10)9-4-2-1-3-5-9/h1-8H. The van der Waals surface area contributed by atoms with E-state index in [4.69, 9.17) is 0 Å². The van der Waals surface area contributed by atoms with Crippen LogP contribution in [0.4, 0.5) is 0 Å². The number of benzene rings is 1. The molecule has 0 amide bonds. The first-order valence-corrected chi connectivity index (χ1v) is 6.84. The zero-order valence-electron chi connectivity index (χ0n) is 7.78. The lowest BCUT2D eigenvalue weighted by Crippen LogP contribution is -1.67. The van der Waals surface area contributed by atoms with Crippen molar-refractivity contribution in [3.05, 3.63) is 50.7 Å².